The molecule has 6 nitrogen and oxygen atoms in total. The predicted octanol–water partition coefficient (Wildman–Crippen LogP) is 3.35. The van der Waals surface area contributed by atoms with Gasteiger partial charge in [0.2, 0.25) is 0 Å². The van der Waals surface area contributed by atoms with Crippen LogP contribution in [0.15, 0.2) is 30.3 Å². The summed E-state index contributed by atoms with van der Waals surface area (Å²) in [5.41, 5.74) is 7.49. The number of fused-ring (bicyclic) bond motifs is 1. The summed E-state index contributed by atoms with van der Waals surface area (Å²) in [6.45, 7) is 7.32. The third-order valence-electron chi connectivity index (χ3n) is 6.04. The Morgan fingerprint density at radius 1 is 1.06 bits per heavy atom. The molecule has 0 saturated carbocycles. The van der Waals surface area contributed by atoms with Crippen molar-refractivity contribution in [2.45, 2.75) is 39.7 Å². The van der Waals surface area contributed by atoms with Crippen LogP contribution in [0.4, 0.5) is 11.4 Å². The number of carbonyl (C=O) groups excluding carboxylic acids is 2. The largest absolute Gasteiger partial charge is 0.374 e. The number of hydrogen-bond donors (Lipinski definition) is 2. The van der Waals surface area contributed by atoms with Crippen LogP contribution in [-0.2, 0) is 16.0 Å². The first-order valence-corrected chi connectivity index (χ1v) is 10.8. The predicted molar refractivity (Wildman–Crippen MR) is 127 cm³/mol. The van der Waals surface area contributed by atoms with E-state index in [1.54, 1.807) is 0 Å². The zero-order chi connectivity index (χ0) is 22.7. The van der Waals surface area contributed by atoms with Crippen molar-refractivity contribution in [2.24, 2.45) is 0 Å². The zero-order valence-electron chi connectivity index (χ0n) is 19.5. The molecule has 0 radical (unpaired) electrons. The van der Waals surface area contributed by atoms with Gasteiger partial charge < -0.3 is 20.4 Å². The molecule has 0 aromatic heterocycles. The normalized spacial score (nSPS) is 14.2. The van der Waals surface area contributed by atoms with Gasteiger partial charge in [0, 0.05) is 31.5 Å². The second kappa shape index (κ2) is 9.52. The van der Waals surface area contributed by atoms with E-state index in [1.807, 2.05) is 47.0 Å². The molecule has 2 aromatic rings. The van der Waals surface area contributed by atoms with E-state index in [0.717, 1.165) is 41.6 Å². The summed E-state index contributed by atoms with van der Waals surface area (Å²) in [5.74, 6) is -1.26. The van der Waals surface area contributed by atoms with E-state index in [1.165, 1.54) is 11.3 Å². The van der Waals surface area contributed by atoms with Gasteiger partial charge in [0.05, 0.1) is 6.04 Å². The molecule has 0 spiro atoms. The molecule has 2 N–H and O–H groups in total. The molecule has 2 amide bonds. The smallest absolute Gasteiger partial charge is 0.313 e. The average Bonchev–Trinajstić information content (AvgIpc) is 2.70. The van der Waals surface area contributed by atoms with Gasteiger partial charge >= 0.3 is 11.8 Å². The van der Waals surface area contributed by atoms with Crippen molar-refractivity contribution in [2.75, 3.05) is 44.4 Å². The Kier molecular flexibility index (Phi) is 7.01. The van der Waals surface area contributed by atoms with Gasteiger partial charge in [-0.1, -0.05) is 29.8 Å². The van der Waals surface area contributed by atoms with Gasteiger partial charge in [-0.05, 0) is 76.0 Å². The Morgan fingerprint density at radius 2 is 1.74 bits per heavy atom. The van der Waals surface area contributed by atoms with Gasteiger partial charge in [-0.25, -0.2) is 0 Å². The second-order valence-electron chi connectivity index (χ2n) is 8.83. The highest BCUT2D eigenvalue weighted by atomic mass is 16.2. The van der Waals surface area contributed by atoms with Gasteiger partial charge in [-0.15, -0.1) is 0 Å². The number of rotatable bonds is 5. The lowest BCUT2D eigenvalue weighted by atomic mass is 9.96. The maximum Gasteiger partial charge on any atom is 0.313 e. The minimum Gasteiger partial charge on any atom is -0.374 e. The number of nitrogens with one attached hydrogen (secondary N) is 2. The minimum atomic E-state index is -0.639. The fourth-order valence-corrected chi connectivity index (χ4v) is 4.43. The molecule has 0 saturated heterocycles. The highest BCUT2D eigenvalue weighted by Gasteiger charge is 2.22. The first-order chi connectivity index (χ1) is 14.7. The van der Waals surface area contributed by atoms with Gasteiger partial charge in [0.15, 0.2) is 0 Å². The number of carbonyl (C=O) groups is 2. The Bertz CT molecular complexity index is 960. The van der Waals surface area contributed by atoms with E-state index in [-0.39, 0.29) is 6.04 Å². The van der Waals surface area contributed by atoms with Crippen LogP contribution in [-0.4, -0.2) is 50.9 Å². The summed E-state index contributed by atoms with van der Waals surface area (Å²) in [6, 6.07) is 10.5. The number of amides is 2. The molecule has 31 heavy (non-hydrogen) atoms. The Hall–Kier alpha value is -2.86. The van der Waals surface area contributed by atoms with E-state index in [4.69, 9.17) is 0 Å². The van der Waals surface area contributed by atoms with Crippen LogP contribution in [0, 0.1) is 20.8 Å². The van der Waals surface area contributed by atoms with Crippen molar-refractivity contribution in [1.29, 1.82) is 0 Å². The molecule has 3 rings (SSSR count). The van der Waals surface area contributed by atoms with E-state index >= 15 is 0 Å². The average molecular weight is 423 g/mol. The Morgan fingerprint density at radius 3 is 2.39 bits per heavy atom. The summed E-state index contributed by atoms with van der Waals surface area (Å²) in [6.07, 6.45) is 2.21. The topological polar surface area (TPSA) is 64.7 Å². The molecule has 1 heterocycles. The summed E-state index contributed by atoms with van der Waals surface area (Å²) in [4.78, 5) is 29.4. The lowest BCUT2D eigenvalue weighted by Gasteiger charge is -2.30. The van der Waals surface area contributed by atoms with E-state index in [9.17, 15) is 9.59 Å². The number of likely N-dealkylation sites (N-methyl/N-ethyl adjacent to an activating group) is 1. The number of aryl methyl sites for hydroxylation is 4. The Balaban J connectivity index is 1.68. The SMILES string of the molecule is Cc1cc(C)c(NC(=O)C(=O)NC[C@@H](c2ccc3c(c2)CCCN3C)N(C)C)c(C)c1. The Labute approximate surface area is 185 Å². The number of benzene rings is 2. The van der Waals surface area contributed by atoms with Crippen LogP contribution < -0.4 is 15.5 Å². The highest BCUT2D eigenvalue weighted by molar-refractivity contribution is 6.39. The molecule has 6 heteroatoms. The summed E-state index contributed by atoms with van der Waals surface area (Å²) >= 11 is 0. The molecule has 0 fully saturated rings. The molecule has 1 atom stereocenters. The van der Waals surface area contributed by atoms with Crippen LogP contribution >= 0.6 is 0 Å². The molecule has 0 aliphatic carbocycles. The number of anilines is 2. The van der Waals surface area contributed by atoms with Crippen molar-refractivity contribution < 1.29 is 9.59 Å². The lowest BCUT2D eigenvalue weighted by Crippen LogP contribution is -2.40. The summed E-state index contributed by atoms with van der Waals surface area (Å²) < 4.78 is 0. The van der Waals surface area contributed by atoms with Crippen LogP contribution in [0.3, 0.4) is 0 Å². The molecule has 1 aliphatic heterocycles. The first-order valence-electron chi connectivity index (χ1n) is 10.8. The van der Waals surface area contributed by atoms with Crippen molar-refractivity contribution in [1.82, 2.24) is 10.2 Å². The van der Waals surface area contributed by atoms with Crippen molar-refractivity contribution in [3.05, 3.63) is 58.1 Å². The van der Waals surface area contributed by atoms with Crippen molar-refractivity contribution >= 4 is 23.2 Å². The number of nitrogens with zero attached hydrogens (tertiary/aromatic N) is 2. The van der Waals surface area contributed by atoms with E-state index in [2.05, 4.69) is 45.7 Å². The van der Waals surface area contributed by atoms with Gasteiger partial charge in [-0.2, -0.15) is 0 Å². The van der Waals surface area contributed by atoms with Gasteiger partial charge in [0.1, 0.15) is 0 Å². The van der Waals surface area contributed by atoms with Crippen molar-refractivity contribution in [3.63, 3.8) is 0 Å². The van der Waals surface area contributed by atoms with Crippen LogP contribution in [0.25, 0.3) is 0 Å². The van der Waals surface area contributed by atoms with Crippen LogP contribution in [0.5, 0.6) is 0 Å². The molecular formula is C25H34N4O2. The first kappa shape index (κ1) is 22.8. The van der Waals surface area contributed by atoms with Crippen molar-refractivity contribution in [3.8, 4) is 0 Å². The third-order valence-corrected chi connectivity index (χ3v) is 6.04. The molecule has 166 valence electrons. The maximum absolute atomic E-state index is 12.5. The fraction of sp³-hybridized carbons (Fsp3) is 0.440. The molecule has 0 unspecified atom stereocenters. The fourth-order valence-electron chi connectivity index (χ4n) is 4.43. The molecular weight excluding hydrogens is 388 g/mol. The quantitative estimate of drug-likeness (QED) is 0.726. The van der Waals surface area contributed by atoms with Crippen LogP contribution in [0.1, 0.15) is 40.3 Å². The summed E-state index contributed by atoms with van der Waals surface area (Å²) in [7, 11) is 6.10. The van der Waals surface area contributed by atoms with E-state index in [0.29, 0.717) is 12.2 Å². The van der Waals surface area contributed by atoms with E-state index < -0.39 is 11.8 Å². The van der Waals surface area contributed by atoms with Gasteiger partial charge in [0.25, 0.3) is 0 Å². The maximum atomic E-state index is 12.5. The molecule has 0 bridgehead atoms. The zero-order valence-corrected chi connectivity index (χ0v) is 19.5. The second-order valence-corrected chi connectivity index (χ2v) is 8.83. The standard InChI is InChI=1S/C25H34N4O2/c1-16-12-17(2)23(18(3)13-16)27-25(31)24(30)26-15-22(28(4)5)20-9-10-21-19(14-20)8-7-11-29(21)6/h9-10,12-14,22H,7-8,11,15H2,1-6H3,(H,26,30)(H,27,31)/t22-/m0/s1. The molecule has 1 aliphatic rings. The third kappa shape index (κ3) is 5.25. The molecule has 2 aromatic carbocycles. The summed E-state index contributed by atoms with van der Waals surface area (Å²) in [5, 5.41) is 5.59. The minimum absolute atomic E-state index is 0.0165. The lowest BCUT2D eigenvalue weighted by molar-refractivity contribution is -0.136. The monoisotopic (exact) mass is 422 g/mol. The highest BCUT2D eigenvalue weighted by Crippen LogP contribution is 2.30. The van der Waals surface area contributed by atoms with Gasteiger partial charge in [-0.3, -0.25) is 9.59 Å². The number of hydrogen-bond acceptors (Lipinski definition) is 4. The van der Waals surface area contributed by atoms with Crippen LogP contribution in [0.2, 0.25) is 0 Å².